The van der Waals surface area contributed by atoms with Gasteiger partial charge in [0.25, 0.3) is 0 Å². The fourth-order valence-electron chi connectivity index (χ4n) is 1.54. The predicted molar refractivity (Wildman–Crippen MR) is 71.0 cm³/mol. The van der Waals surface area contributed by atoms with Crippen molar-refractivity contribution in [2.45, 2.75) is 6.92 Å². The fourth-order valence-corrected chi connectivity index (χ4v) is 1.90. The average Bonchev–Trinajstić information content (AvgIpc) is 2.36. The van der Waals surface area contributed by atoms with Gasteiger partial charge in [0.2, 0.25) is 0 Å². The molecule has 0 saturated carbocycles. The summed E-state index contributed by atoms with van der Waals surface area (Å²) in [6, 6.07) is 15.3. The molecule has 0 saturated heterocycles. The molecule has 17 heavy (non-hydrogen) atoms. The van der Waals surface area contributed by atoms with Crippen molar-refractivity contribution in [3.63, 3.8) is 0 Å². The Hall–Kier alpha value is -1.87. The molecule has 0 radical (unpaired) electrons. The number of ether oxygens (including phenoxy) is 1. The third-order valence-electron chi connectivity index (χ3n) is 2.47. The lowest BCUT2D eigenvalue weighted by Gasteiger charge is -2.09. The number of hydrogen-bond acceptors (Lipinski definition) is 2. The zero-order valence-corrected chi connectivity index (χ0v) is 10.2. The van der Waals surface area contributed by atoms with Crippen molar-refractivity contribution in [1.82, 2.24) is 0 Å². The highest BCUT2D eigenvalue weighted by molar-refractivity contribution is 7.65. The monoisotopic (exact) mass is 244 g/mol. The summed E-state index contributed by atoms with van der Waals surface area (Å²) in [6.07, 6.45) is 0. The van der Waals surface area contributed by atoms with Gasteiger partial charge in [-0.1, -0.05) is 30.3 Å². The Labute approximate surface area is 104 Å². The maximum atomic E-state index is 10.5. The minimum Gasteiger partial charge on any atom is -0.457 e. The van der Waals surface area contributed by atoms with Gasteiger partial charge in [0.05, 0.1) is 11.3 Å². The lowest BCUT2D eigenvalue weighted by atomic mass is 10.1. The molecule has 0 bridgehead atoms. The molecule has 0 aromatic heterocycles. The van der Waals surface area contributed by atoms with Gasteiger partial charge in [-0.3, -0.25) is 0 Å². The molecular weight excluding hydrogens is 232 g/mol. The first-order valence-electron chi connectivity index (χ1n) is 5.25. The zero-order chi connectivity index (χ0) is 12.1. The average molecular weight is 244 g/mol. The molecule has 0 atom stereocenters. The smallest absolute Gasteiger partial charge is 0.130 e. The van der Waals surface area contributed by atoms with Crippen LogP contribution in [0.3, 0.4) is 0 Å². The van der Waals surface area contributed by atoms with Crippen LogP contribution in [0.15, 0.2) is 48.5 Å². The third kappa shape index (κ3) is 2.82. The van der Waals surface area contributed by atoms with Gasteiger partial charge in [0.15, 0.2) is 0 Å². The summed E-state index contributed by atoms with van der Waals surface area (Å²) >= 11 is 0.453. The second-order valence-electron chi connectivity index (χ2n) is 3.60. The first-order chi connectivity index (χ1) is 8.31. The highest BCUT2D eigenvalue weighted by Gasteiger charge is 2.04. The highest BCUT2D eigenvalue weighted by atomic mass is 32.1. The molecule has 2 rings (SSSR count). The minimum absolute atomic E-state index is 0.453. The standard InChI is InChI=1S/C14H12O2S/c1-11-12(10-17-15)6-5-9-14(11)16-13-7-3-2-4-8-13/h2-10H,1H3. The van der Waals surface area contributed by atoms with Crippen LogP contribution in [0.5, 0.6) is 11.5 Å². The Morgan fingerprint density at radius 3 is 2.53 bits per heavy atom. The van der Waals surface area contributed by atoms with E-state index in [-0.39, 0.29) is 0 Å². The second-order valence-corrected chi connectivity index (χ2v) is 4.03. The molecular formula is C14H12O2S. The number of hydrogen-bond donors (Lipinski definition) is 0. The van der Waals surface area contributed by atoms with E-state index in [9.17, 15) is 4.21 Å². The van der Waals surface area contributed by atoms with Gasteiger partial charge >= 0.3 is 0 Å². The maximum absolute atomic E-state index is 10.5. The van der Waals surface area contributed by atoms with Crippen LogP contribution in [-0.2, 0) is 11.3 Å². The quantitative estimate of drug-likeness (QED) is 0.775. The topological polar surface area (TPSA) is 26.3 Å². The van der Waals surface area contributed by atoms with Gasteiger partial charge in [-0.15, -0.1) is 0 Å². The van der Waals surface area contributed by atoms with E-state index < -0.39 is 0 Å². The van der Waals surface area contributed by atoms with Crippen LogP contribution < -0.4 is 4.74 Å². The van der Waals surface area contributed by atoms with E-state index in [1.54, 1.807) is 5.37 Å². The predicted octanol–water partition coefficient (Wildman–Crippen LogP) is 3.15. The Balaban J connectivity index is 2.34. The molecule has 0 heterocycles. The summed E-state index contributed by atoms with van der Waals surface area (Å²) < 4.78 is 16.3. The molecule has 86 valence electrons. The normalized spacial score (nSPS) is 9.71. The largest absolute Gasteiger partial charge is 0.457 e. The van der Waals surface area contributed by atoms with Gasteiger partial charge in [-0.2, -0.15) is 0 Å². The summed E-state index contributed by atoms with van der Waals surface area (Å²) in [5, 5.41) is 1.58. The van der Waals surface area contributed by atoms with Crippen molar-refractivity contribution in [2.75, 3.05) is 0 Å². The highest BCUT2D eigenvalue weighted by Crippen LogP contribution is 2.26. The van der Waals surface area contributed by atoms with Crippen LogP contribution in [0.2, 0.25) is 0 Å². The van der Waals surface area contributed by atoms with Crippen LogP contribution in [0, 0.1) is 6.92 Å². The summed E-state index contributed by atoms with van der Waals surface area (Å²) in [5.74, 6) is 1.57. The third-order valence-corrected chi connectivity index (χ3v) is 2.82. The summed E-state index contributed by atoms with van der Waals surface area (Å²) in [6.45, 7) is 1.94. The summed E-state index contributed by atoms with van der Waals surface area (Å²) in [7, 11) is 0. The van der Waals surface area contributed by atoms with Crippen LogP contribution in [-0.4, -0.2) is 9.58 Å². The van der Waals surface area contributed by atoms with Crippen molar-refractivity contribution in [3.05, 3.63) is 59.7 Å². The lowest BCUT2D eigenvalue weighted by molar-refractivity contribution is 0.479. The zero-order valence-electron chi connectivity index (χ0n) is 9.42. The number of benzene rings is 2. The molecule has 0 aliphatic heterocycles. The molecule has 0 aliphatic rings. The Morgan fingerprint density at radius 2 is 1.82 bits per heavy atom. The molecule has 2 aromatic rings. The minimum atomic E-state index is 0.453. The van der Waals surface area contributed by atoms with Gasteiger partial charge in [0.1, 0.15) is 11.5 Å². The van der Waals surface area contributed by atoms with Crippen LogP contribution >= 0.6 is 0 Å². The van der Waals surface area contributed by atoms with E-state index in [2.05, 4.69) is 0 Å². The molecule has 0 fully saturated rings. The van der Waals surface area contributed by atoms with Gasteiger partial charge in [0, 0.05) is 5.37 Å². The van der Waals surface area contributed by atoms with Crippen molar-refractivity contribution in [2.24, 2.45) is 0 Å². The van der Waals surface area contributed by atoms with Gasteiger partial charge in [-0.25, -0.2) is 4.21 Å². The molecule has 0 spiro atoms. The van der Waals surface area contributed by atoms with Gasteiger partial charge in [-0.05, 0) is 36.2 Å². The maximum Gasteiger partial charge on any atom is 0.130 e. The second kappa shape index (κ2) is 5.46. The SMILES string of the molecule is Cc1c(C=S=O)cccc1Oc1ccccc1. The first-order valence-corrected chi connectivity index (χ1v) is 6.06. The fraction of sp³-hybridized carbons (Fsp3) is 0.0714. The Morgan fingerprint density at radius 1 is 1.06 bits per heavy atom. The number of para-hydroxylation sites is 1. The lowest BCUT2D eigenvalue weighted by Crippen LogP contribution is -1.92. The van der Waals surface area contributed by atoms with E-state index in [0.29, 0.717) is 11.3 Å². The van der Waals surface area contributed by atoms with E-state index in [0.717, 1.165) is 22.6 Å². The molecule has 0 amide bonds. The van der Waals surface area contributed by atoms with Crippen LogP contribution in [0.1, 0.15) is 11.1 Å². The van der Waals surface area contributed by atoms with Gasteiger partial charge < -0.3 is 4.74 Å². The van der Waals surface area contributed by atoms with Crippen LogP contribution in [0.4, 0.5) is 0 Å². The molecule has 0 N–H and O–H groups in total. The molecule has 0 aliphatic carbocycles. The van der Waals surface area contributed by atoms with E-state index in [1.807, 2.05) is 55.5 Å². The molecule has 0 unspecified atom stereocenters. The van der Waals surface area contributed by atoms with Crippen molar-refractivity contribution in [1.29, 1.82) is 0 Å². The van der Waals surface area contributed by atoms with E-state index in [4.69, 9.17) is 4.74 Å². The Bertz CT molecular complexity index is 558. The summed E-state index contributed by atoms with van der Waals surface area (Å²) in [4.78, 5) is 0. The Kier molecular flexibility index (Phi) is 3.73. The van der Waals surface area contributed by atoms with E-state index >= 15 is 0 Å². The van der Waals surface area contributed by atoms with Crippen molar-refractivity contribution < 1.29 is 8.95 Å². The van der Waals surface area contributed by atoms with Crippen LogP contribution in [0.25, 0.3) is 0 Å². The molecule has 2 nitrogen and oxygen atoms in total. The first kappa shape index (κ1) is 11.6. The molecule has 2 aromatic carbocycles. The van der Waals surface area contributed by atoms with E-state index in [1.165, 1.54) is 0 Å². The van der Waals surface area contributed by atoms with Crippen molar-refractivity contribution in [3.8, 4) is 11.5 Å². The molecule has 3 heteroatoms. The summed E-state index contributed by atoms with van der Waals surface area (Å²) in [5.41, 5.74) is 1.87. The number of rotatable bonds is 3. The van der Waals surface area contributed by atoms with Crippen molar-refractivity contribution >= 4 is 16.6 Å².